The van der Waals surface area contributed by atoms with E-state index < -0.39 is 0 Å². The summed E-state index contributed by atoms with van der Waals surface area (Å²) in [5.41, 5.74) is 1.11. The van der Waals surface area contributed by atoms with Crippen LogP contribution >= 0.6 is 0 Å². The first kappa shape index (κ1) is 16.0. The number of nitrogens with one attached hydrogen (secondary N) is 1. The van der Waals surface area contributed by atoms with Crippen molar-refractivity contribution in [2.45, 2.75) is 44.2 Å². The van der Waals surface area contributed by atoms with Crippen LogP contribution < -0.4 is 5.32 Å². The third-order valence-electron chi connectivity index (χ3n) is 4.93. The fourth-order valence-corrected chi connectivity index (χ4v) is 3.50. The number of likely N-dealkylation sites (tertiary alicyclic amines) is 1. The van der Waals surface area contributed by atoms with E-state index >= 15 is 0 Å². The third-order valence-corrected chi connectivity index (χ3v) is 4.93. The van der Waals surface area contributed by atoms with E-state index in [9.17, 15) is 14.7 Å². The second kappa shape index (κ2) is 6.71. The van der Waals surface area contributed by atoms with Crippen LogP contribution in [0, 0.1) is 5.92 Å². The number of hydrogen-bond donors (Lipinski definition) is 2. The van der Waals surface area contributed by atoms with E-state index in [1.54, 1.807) is 0 Å². The Kier molecular flexibility index (Phi) is 4.66. The maximum atomic E-state index is 12.6. The second-order valence-corrected chi connectivity index (χ2v) is 6.43. The van der Waals surface area contributed by atoms with Gasteiger partial charge in [0.2, 0.25) is 11.8 Å². The molecule has 2 fully saturated rings. The van der Waals surface area contributed by atoms with Crippen molar-refractivity contribution in [1.82, 2.24) is 10.2 Å². The number of aliphatic hydroxyl groups excluding tert-OH is 1. The van der Waals surface area contributed by atoms with E-state index in [0.29, 0.717) is 13.0 Å². The molecule has 3 rings (SSSR count). The van der Waals surface area contributed by atoms with Gasteiger partial charge in [-0.15, -0.1) is 0 Å². The molecule has 0 unspecified atom stereocenters. The number of carbonyl (C=O) groups is 2. The second-order valence-electron chi connectivity index (χ2n) is 6.43. The molecule has 3 atom stereocenters. The molecule has 2 amide bonds. The Labute approximate surface area is 136 Å². The minimum atomic E-state index is -0.186. The smallest absolute Gasteiger partial charge is 0.226 e. The molecule has 2 N–H and O–H groups in total. The zero-order chi connectivity index (χ0) is 16.4. The van der Waals surface area contributed by atoms with Crippen LogP contribution in [0.15, 0.2) is 30.3 Å². The molecular weight excluding hydrogens is 292 g/mol. The quantitative estimate of drug-likeness (QED) is 0.830. The lowest BCUT2D eigenvalue weighted by molar-refractivity contribution is -0.152. The molecule has 1 saturated heterocycles. The summed E-state index contributed by atoms with van der Waals surface area (Å²) in [6.07, 6.45) is 2.32. The first-order chi connectivity index (χ1) is 11.2. The highest BCUT2D eigenvalue weighted by Gasteiger charge is 2.53. The first-order valence-corrected chi connectivity index (χ1v) is 8.42. The number of amides is 2. The van der Waals surface area contributed by atoms with Gasteiger partial charge >= 0.3 is 0 Å². The van der Waals surface area contributed by atoms with E-state index in [-0.39, 0.29) is 42.3 Å². The van der Waals surface area contributed by atoms with Crippen molar-refractivity contribution in [1.29, 1.82) is 0 Å². The Balaban J connectivity index is 1.80. The van der Waals surface area contributed by atoms with Gasteiger partial charge in [-0.25, -0.2) is 0 Å². The normalized spacial score (nSPS) is 26.5. The predicted octanol–water partition coefficient (Wildman–Crippen LogP) is 1.28. The summed E-state index contributed by atoms with van der Waals surface area (Å²) in [6.45, 7) is 2.21. The molecule has 0 spiro atoms. The molecule has 1 saturated carbocycles. The minimum Gasteiger partial charge on any atom is -0.394 e. The number of carbonyl (C=O) groups excluding carboxylic acids is 2. The van der Waals surface area contributed by atoms with E-state index in [0.717, 1.165) is 18.4 Å². The monoisotopic (exact) mass is 316 g/mol. The van der Waals surface area contributed by atoms with E-state index in [2.05, 4.69) is 5.32 Å². The third kappa shape index (κ3) is 3.11. The highest BCUT2D eigenvalue weighted by atomic mass is 16.3. The molecule has 1 heterocycles. The van der Waals surface area contributed by atoms with Crippen molar-refractivity contribution in [3.05, 3.63) is 35.9 Å². The molecule has 23 heavy (non-hydrogen) atoms. The van der Waals surface area contributed by atoms with Gasteiger partial charge in [-0.1, -0.05) is 37.3 Å². The Morgan fingerprint density at radius 2 is 1.91 bits per heavy atom. The average molecular weight is 316 g/mol. The number of benzene rings is 1. The Hall–Kier alpha value is -1.88. The standard InChI is InChI=1S/C18H24N2O3/c1-2-16(22)19-10-14-17(12-6-4-3-5-7-12)15(11-21)20(14)18(23)13-8-9-13/h3-7,13-15,17,21H,2,8-11H2,1H3,(H,19,22)/t14-,15+,17-/m1/s1. The summed E-state index contributed by atoms with van der Waals surface area (Å²) in [5.74, 6) is 0.307. The lowest BCUT2D eigenvalue weighted by Crippen LogP contribution is -2.68. The summed E-state index contributed by atoms with van der Waals surface area (Å²) in [4.78, 5) is 26.0. The molecule has 124 valence electrons. The van der Waals surface area contributed by atoms with Crippen molar-refractivity contribution >= 4 is 11.8 Å². The van der Waals surface area contributed by atoms with Crippen molar-refractivity contribution < 1.29 is 14.7 Å². The molecule has 2 aliphatic rings. The zero-order valence-corrected chi connectivity index (χ0v) is 13.4. The average Bonchev–Trinajstić information content (AvgIpc) is 3.39. The molecule has 0 bridgehead atoms. The van der Waals surface area contributed by atoms with E-state index in [1.807, 2.05) is 42.2 Å². The van der Waals surface area contributed by atoms with Gasteiger partial charge in [0.15, 0.2) is 0 Å². The van der Waals surface area contributed by atoms with Crippen LogP contribution in [0.4, 0.5) is 0 Å². The summed E-state index contributed by atoms with van der Waals surface area (Å²) in [6, 6.07) is 9.69. The highest BCUT2D eigenvalue weighted by Crippen LogP contribution is 2.44. The Morgan fingerprint density at radius 1 is 1.22 bits per heavy atom. The van der Waals surface area contributed by atoms with Crippen molar-refractivity contribution in [2.75, 3.05) is 13.2 Å². The molecule has 1 aromatic rings. The maximum absolute atomic E-state index is 12.6. The van der Waals surface area contributed by atoms with Gasteiger partial charge in [0, 0.05) is 24.8 Å². The van der Waals surface area contributed by atoms with Gasteiger partial charge in [-0.05, 0) is 18.4 Å². The fraction of sp³-hybridized carbons (Fsp3) is 0.556. The molecule has 1 aliphatic heterocycles. The molecule has 5 heteroatoms. The minimum absolute atomic E-state index is 0.0110. The Bertz CT molecular complexity index is 571. The van der Waals surface area contributed by atoms with E-state index in [4.69, 9.17) is 0 Å². The van der Waals surface area contributed by atoms with E-state index in [1.165, 1.54) is 0 Å². The predicted molar refractivity (Wildman–Crippen MR) is 86.7 cm³/mol. The molecule has 0 aromatic heterocycles. The molecule has 0 radical (unpaired) electrons. The van der Waals surface area contributed by atoms with Gasteiger partial charge in [-0.2, -0.15) is 0 Å². The van der Waals surface area contributed by atoms with Crippen LogP contribution in [0.3, 0.4) is 0 Å². The van der Waals surface area contributed by atoms with Crippen LogP contribution in [0.2, 0.25) is 0 Å². The highest BCUT2D eigenvalue weighted by molar-refractivity contribution is 5.83. The summed E-state index contributed by atoms with van der Waals surface area (Å²) in [5, 5.41) is 12.7. The zero-order valence-electron chi connectivity index (χ0n) is 13.4. The maximum Gasteiger partial charge on any atom is 0.226 e. The number of nitrogens with zero attached hydrogens (tertiary/aromatic N) is 1. The molecule has 1 aromatic carbocycles. The van der Waals surface area contributed by atoms with Crippen LogP contribution in [0.5, 0.6) is 0 Å². The number of aliphatic hydroxyl groups is 1. The van der Waals surface area contributed by atoms with Gasteiger partial charge in [0.05, 0.1) is 18.7 Å². The fourth-order valence-electron chi connectivity index (χ4n) is 3.50. The van der Waals surface area contributed by atoms with Gasteiger partial charge in [0.1, 0.15) is 0 Å². The summed E-state index contributed by atoms with van der Waals surface area (Å²) < 4.78 is 0. The number of hydrogen-bond acceptors (Lipinski definition) is 3. The van der Waals surface area contributed by atoms with Crippen LogP contribution in [0.1, 0.15) is 37.7 Å². The first-order valence-electron chi connectivity index (χ1n) is 8.42. The lowest BCUT2D eigenvalue weighted by atomic mass is 9.74. The van der Waals surface area contributed by atoms with Crippen LogP contribution in [0.25, 0.3) is 0 Å². The van der Waals surface area contributed by atoms with Gasteiger partial charge in [0.25, 0.3) is 0 Å². The van der Waals surface area contributed by atoms with Crippen molar-refractivity contribution in [3.63, 3.8) is 0 Å². The summed E-state index contributed by atoms with van der Waals surface area (Å²) in [7, 11) is 0. The molecule has 1 aliphatic carbocycles. The largest absolute Gasteiger partial charge is 0.394 e. The SMILES string of the molecule is CCC(=O)NC[C@@H]1[C@@H](c2ccccc2)[C@H](CO)N1C(=O)C1CC1. The van der Waals surface area contributed by atoms with Crippen molar-refractivity contribution in [3.8, 4) is 0 Å². The number of rotatable bonds is 6. The molecular formula is C18H24N2O3. The summed E-state index contributed by atoms with van der Waals surface area (Å²) >= 11 is 0. The topological polar surface area (TPSA) is 69.6 Å². The van der Waals surface area contributed by atoms with Crippen LogP contribution in [-0.4, -0.2) is 47.1 Å². The van der Waals surface area contributed by atoms with Gasteiger partial charge in [-0.3, -0.25) is 9.59 Å². The lowest BCUT2D eigenvalue weighted by Gasteiger charge is -2.55. The molecule has 5 nitrogen and oxygen atoms in total. The van der Waals surface area contributed by atoms with Gasteiger partial charge < -0.3 is 15.3 Å². The van der Waals surface area contributed by atoms with Crippen LogP contribution in [-0.2, 0) is 9.59 Å². The van der Waals surface area contributed by atoms with Crippen molar-refractivity contribution in [2.24, 2.45) is 5.92 Å². The Morgan fingerprint density at radius 3 is 2.48 bits per heavy atom.